The maximum absolute atomic E-state index is 5.39. The molecule has 6 nitrogen and oxygen atoms in total. The Labute approximate surface area is 108 Å². The highest BCUT2D eigenvalue weighted by molar-refractivity contribution is 5.39. The van der Waals surface area contributed by atoms with Gasteiger partial charge in [0.1, 0.15) is 0 Å². The van der Waals surface area contributed by atoms with E-state index in [4.69, 9.17) is 4.74 Å². The van der Waals surface area contributed by atoms with Crippen molar-refractivity contribution in [1.82, 2.24) is 15.0 Å². The molecule has 100 valence electrons. The molecule has 0 aliphatic carbocycles. The normalized spacial score (nSPS) is 19.7. The Morgan fingerprint density at radius 2 is 2.17 bits per heavy atom. The lowest BCUT2D eigenvalue weighted by Gasteiger charge is -2.33. The Balaban J connectivity index is 2.27. The van der Waals surface area contributed by atoms with Crippen molar-refractivity contribution < 1.29 is 4.74 Å². The lowest BCUT2D eigenvalue weighted by molar-refractivity contribution is 0.311. The molecule has 1 fully saturated rings. The molecule has 1 unspecified atom stereocenters. The molecule has 1 aromatic heterocycles. The highest BCUT2D eigenvalue weighted by Crippen LogP contribution is 2.23. The summed E-state index contributed by atoms with van der Waals surface area (Å²) in [6.45, 7) is 5.69. The molecular weight excluding hydrogens is 230 g/mol. The minimum Gasteiger partial charge on any atom is -0.464 e. The lowest BCUT2D eigenvalue weighted by atomic mass is 10.0. The summed E-state index contributed by atoms with van der Waals surface area (Å²) in [6.07, 6.45) is 3.65. The van der Waals surface area contributed by atoms with E-state index in [0.717, 1.165) is 6.54 Å². The summed E-state index contributed by atoms with van der Waals surface area (Å²) in [4.78, 5) is 15.2. The number of aromatic nitrogens is 3. The Hall–Kier alpha value is -1.59. The van der Waals surface area contributed by atoms with Crippen LogP contribution >= 0.6 is 0 Å². The summed E-state index contributed by atoms with van der Waals surface area (Å²) < 4.78 is 5.39. The molecular formula is C12H21N5O. The van der Waals surface area contributed by atoms with Crippen LogP contribution in [0.2, 0.25) is 0 Å². The first-order valence-electron chi connectivity index (χ1n) is 6.58. The molecule has 2 rings (SSSR count). The molecule has 0 spiro atoms. The maximum Gasteiger partial charge on any atom is 0.323 e. The van der Waals surface area contributed by atoms with E-state index in [2.05, 4.69) is 32.1 Å². The molecule has 18 heavy (non-hydrogen) atoms. The van der Waals surface area contributed by atoms with Crippen LogP contribution in [0.4, 0.5) is 11.9 Å². The molecule has 1 saturated heterocycles. The van der Waals surface area contributed by atoms with Crippen molar-refractivity contribution in [1.29, 1.82) is 0 Å². The average Bonchev–Trinajstić information content (AvgIpc) is 2.39. The van der Waals surface area contributed by atoms with Crippen LogP contribution in [0.5, 0.6) is 6.01 Å². The van der Waals surface area contributed by atoms with Crippen LogP contribution in [0.15, 0.2) is 0 Å². The monoisotopic (exact) mass is 251 g/mol. The summed E-state index contributed by atoms with van der Waals surface area (Å²) in [5.41, 5.74) is 0. The Bertz CT molecular complexity index is 398. The van der Waals surface area contributed by atoms with Crippen LogP contribution in [-0.4, -0.2) is 41.2 Å². The molecule has 1 aliphatic heterocycles. The second-order valence-electron chi connectivity index (χ2n) is 4.46. The SMILES string of the molecule is CCOc1nc(NC)nc(N2CCCCC2C)n1. The van der Waals surface area contributed by atoms with E-state index in [1.807, 2.05) is 6.92 Å². The van der Waals surface area contributed by atoms with Gasteiger partial charge in [-0.25, -0.2) is 0 Å². The second-order valence-corrected chi connectivity index (χ2v) is 4.46. The van der Waals surface area contributed by atoms with Crippen LogP contribution in [0.3, 0.4) is 0 Å². The maximum atomic E-state index is 5.39. The number of nitrogens with zero attached hydrogens (tertiary/aromatic N) is 4. The van der Waals surface area contributed by atoms with Crippen LogP contribution in [-0.2, 0) is 0 Å². The molecule has 6 heteroatoms. The van der Waals surface area contributed by atoms with Gasteiger partial charge in [0.05, 0.1) is 6.61 Å². The van der Waals surface area contributed by atoms with Gasteiger partial charge in [0.2, 0.25) is 11.9 Å². The fraction of sp³-hybridized carbons (Fsp3) is 0.750. The Morgan fingerprint density at radius 1 is 1.33 bits per heavy atom. The van der Waals surface area contributed by atoms with Gasteiger partial charge in [0.25, 0.3) is 0 Å². The van der Waals surface area contributed by atoms with Crippen molar-refractivity contribution in [2.24, 2.45) is 0 Å². The third-order valence-corrected chi connectivity index (χ3v) is 3.16. The highest BCUT2D eigenvalue weighted by atomic mass is 16.5. The quantitative estimate of drug-likeness (QED) is 0.878. The molecule has 0 radical (unpaired) electrons. The van der Waals surface area contributed by atoms with Gasteiger partial charge in [-0.1, -0.05) is 0 Å². The zero-order chi connectivity index (χ0) is 13.0. The summed E-state index contributed by atoms with van der Waals surface area (Å²) >= 11 is 0. The number of rotatable bonds is 4. The predicted octanol–water partition coefficient (Wildman–Crippen LogP) is 1.69. The minimum atomic E-state index is 0.393. The van der Waals surface area contributed by atoms with Gasteiger partial charge in [-0.05, 0) is 33.1 Å². The van der Waals surface area contributed by atoms with Gasteiger partial charge in [0.15, 0.2) is 0 Å². The van der Waals surface area contributed by atoms with Gasteiger partial charge >= 0.3 is 6.01 Å². The Kier molecular flexibility index (Phi) is 4.17. The van der Waals surface area contributed by atoms with Crippen molar-refractivity contribution in [3.63, 3.8) is 0 Å². The average molecular weight is 251 g/mol. The van der Waals surface area contributed by atoms with Crippen molar-refractivity contribution in [3.05, 3.63) is 0 Å². The summed E-state index contributed by atoms with van der Waals surface area (Å²) in [5.74, 6) is 1.27. The van der Waals surface area contributed by atoms with Crippen LogP contribution in [0.1, 0.15) is 33.1 Å². The number of hydrogen-bond acceptors (Lipinski definition) is 6. The second kappa shape index (κ2) is 5.84. The molecule has 2 heterocycles. The fourth-order valence-corrected chi connectivity index (χ4v) is 2.17. The number of piperidine rings is 1. The third kappa shape index (κ3) is 2.80. The van der Waals surface area contributed by atoms with Gasteiger partial charge in [-0.15, -0.1) is 0 Å². The van der Waals surface area contributed by atoms with Gasteiger partial charge in [-0.2, -0.15) is 15.0 Å². The van der Waals surface area contributed by atoms with Crippen LogP contribution < -0.4 is 15.0 Å². The van der Waals surface area contributed by atoms with Crippen molar-refractivity contribution in [2.75, 3.05) is 30.4 Å². The van der Waals surface area contributed by atoms with E-state index in [1.54, 1.807) is 7.05 Å². The zero-order valence-electron chi connectivity index (χ0n) is 11.3. The van der Waals surface area contributed by atoms with Crippen molar-refractivity contribution in [2.45, 2.75) is 39.2 Å². The first-order valence-corrected chi connectivity index (χ1v) is 6.58. The van der Waals surface area contributed by atoms with Gasteiger partial charge < -0.3 is 15.0 Å². The first-order chi connectivity index (χ1) is 8.74. The lowest BCUT2D eigenvalue weighted by Crippen LogP contribution is -2.38. The molecule has 1 aromatic rings. The van der Waals surface area contributed by atoms with Crippen LogP contribution in [0.25, 0.3) is 0 Å². The van der Waals surface area contributed by atoms with Crippen molar-refractivity contribution >= 4 is 11.9 Å². The predicted molar refractivity (Wildman–Crippen MR) is 71.2 cm³/mol. The Morgan fingerprint density at radius 3 is 2.83 bits per heavy atom. The molecule has 1 atom stereocenters. The van der Waals surface area contributed by atoms with E-state index in [0.29, 0.717) is 30.6 Å². The fourth-order valence-electron chi connectivity index (χ4n) is 2.17. The van der Waals surface area contributed by atoms with Gasteiger partial charge in [0, 0.05) is 19.6 Å². The zero-order valence-corrected chi connectivity index (χ0v) is 11.3. The van der Waals surface area contributed by atoms with Gasteiger partial charge in [-0.3, -0.25) is 0 Å². The minimum absolute atomic E-state index is 0.393. The molecule has 0 amide bonds. The molecule has 0 saturated carbocycles. The summed E-state index contributed by atoms with van der Waals surface area (Å²) in [7, 11) is 1.80. The van der Waals surface area contributed by atoms with E-state index in [9.17, 15) is 0 Å². The van der Waals surface area contributed by atoms with Crippen LogP contribution in [0, 0.1) is 0 Å². The third-order valence-electron chi connectivity index (χ3n) is 3.16. The highest BCUT2D eigenvalue weighted by Gasteiger charge is 2.22. The number of ether oxygens (including phenoxy) is 1. The van der Waals surface area contributed by atoms with E-state index in [-0.39, 0.29) is 0 Å². The smallest absolute Gasteiger partial charge is 0.323 e. The summed E-state index contributed by atoms with van der Waals surface area (Å²) in [5, 5.41) is 2.95. The standard InChI is InChI=1S/C12H21N5O/c1-4-18-12-15-10(13-3)14-11(16-12)17-8-6-5-7-9(17)2/h9H,4-8H2,1-3H3,(H,13,14,15,16). The van der Waals surface area contributed by atoms with E-state index < -0.39 is 0 Å². The molecule has 1 aliphatic rings. The molecule has 0 aromatic carbocycles. The molecule has 0 bridgehead atoms. The topological polar surface area (TPSA) is 63.2 Å². The number of hydrogen-bond donors (Lipinski definition) is 1. The first kappa shape index (κ1) is 12.9. The van der Waals surface area contributed by atoms with E-state index in [1.165, 1.54) is 19.3 Å². The number of nitrogens with one attached hydrogen (secondary N) is 1. The van der Waals surface area contributed by atoms with Crippen molar-refractivity contribution in [3.8, 4) is 6.01 Å². The largest absolute Gasteiger partial charge is 0.464 e. The molecule has 1 N–H and O–H groups in total. The van der Waals surface area contributed by atoms with E-state index >= 15 is 0 Å². The number of anilines is 2. The summed E-state index contributed by atoms with van der Waals surface area (Å²) in [6, 6.07) is 0.866.